The second kappa shape index (κ2) is 9.78. The van der Waals surface area contributed by atoms with E-state index in [-0.39, 0.29) is 12.3 Å². The highest BCUT2D eigenvalue weighted by Crippen LogP contribution is 2.35. The highest BCUT2D eigenvalue weighted by molar-refractivity contribution is 5.54. The summed E-state index contributed by atoms with van der Waals surface area (Å²) in [7, 11) is 1.51. The summed E-state index contributed by atoms with van der Waals surface area (Å²) in [6.07, 6.45) is 4.30. The monoisotopic (exact) mass is 309 g/mol. The number of nitro groups is 1. The predicted octanol–water partition coefficient (Wildman–Crippen LogP) is 3.88. The Kier molecular flexibility index (Phi) is 7.99. The van der Waals surface area contributed by atoms with Crippen molar-refractivity contribution >= 4 is 5.69 Å². The predicted molar refractivity (Wildman–Crippen MR) is 84.5 cm³/mol. The van der Waals surface area contributed by atoms with Crippen LogP contribution in [0, 0.1) is 10.1 Å². The van der Waals surface area contributed by atoms with E-state index in [1.807, 2.05) is 6.92 Å². The molecule has 0 aromatic heterocycles. The molecule has 6 heteroatoms. The van der Waals surface area contributed by atoms with Gasteiger partial charge in [0, 0.05) is 0 Å². The van der Waals surface area contributed by atoms with E-state index < -0.39 is 4.92 Å². The molecule has 0 saturated heterocycles. The van der Waals surface area contributed by atoms with Crippen LogP contribution < -0.4 is 9.47 Å². The lowest BCUT2D eigenvalue weighted by molar-refractivity contribution is -0.386. The standard InChI is InChI=1S/C16H23NO5/c1-4-6-8-21-12-13-10-15(20-3)16(22-9-7-5-2)11-14(13)17(18)19/h4,10-11H,1,5-9,12H2,2-3H3. The molecule has 0 N–H and O–H groups in total. The van der Waals surface area contributed by atoms with Gasteiger partial charge in [0.1, 0.15) is 0 Å². The van der Waals surface area contributed by atoms with Crippen LogP contribution in [0.2, 0.25) is 0 Å². The van der Waals surface area contributed by atoms with Crippen molar-refractivity contribution in [2.45, 2.75) is 32.8 Å². The quantitative estimate of drug-likeness (QED) is 0.268. The molecule has 0 radical (unpaired) electrons. The van der Waals surface area contributed by atoms with Crippen molar-refractivity contribution in [1.29, 1.82) is 0 Å². The van der Waals surface area contributed by atoms with Crippen LogP contribution in [0.5, 0.6) is 11.5 Å². The van der Waals surface area contributed by atoms with E-state index in [1.165, 1.54) is 13.2 Å². The summed E-state index contributed by atoms with van der Waals surface area (Å²) in [6, 6.07) is 3.01. The van der Waals surface area contributed by atoms with Crippen molar-refractivity contribution in [3.63, 3.8) is 0 Å². The summed E-state index contributed by atoms with van der Waals surface area (Å²) >= 11 is 0. The van der Waals surface area contributed by atoms with Crippen molar-refractivity contribution < 1.29 is 19.1 Å². The summed E-state index contributed by atoms with van der Waals surface area (Å²) in [5.74, 6) is 0.863. The molecule has 0 heterocycles. The van der Waals surface area contributed by atoms with Crippen LogP contribution in [0.25, 0.3) is 0 Å². The van der Waals surface area contributed by atoms with Gasteiger partial charge in [-0.3, -0.25) is 10.1 Å². The Bertz CT molecular complexity index is 502. The van der Waals surface area contributed by atoms with Gasteiger partial charge >= 0.3 is 0 Å². The topological polar surface area (TPSA) is 70.8 Å². The zero-order valence-electron chi connectivity index (χ0n) is 13.2. The minimum atomic E-state index is -0.432. The Labute approximate surface area is 130 Å². The fourth-order valence-electron chi connectivity index (χ4n) is 1.82. The Morgan fingerprint density at radius 3 is 2.68 bits per heavy atom. The van der Waals surface area contributed by atoms with Crippen LogP contribution >= 0.6 is 0 Å². The number of rotatable bonds is 11. The minimum Gasteiger partial charge on any atom is -0.493 e. The zero-order chi connectivity index (χ0) is 16.4. The van der Waals surface area contributed by atoms with Crippen LogP contribution in [0.4, 0.5) is 5.69 Å². The van der Waals surface area contributed by atoms with Gasteiger partial charge in [-0.2, -0.15) is 0 Å². The molecule has 1 aromatic carbocycles. The molecular formula is C16H23NO5. The third-order valence-electron chi connectivity index (χ3n) is 3.04. The molecule has 0 bridgehead atoms. The third kappa shape index (κ3) is 5.37. The number of unbranched alkanes of at least 4 members (excludes halogenated alkanes) is 1. The Hall–Kier alpha value is -2.08. The highest BCUT2D eigenvalue weighted by atomic mass is 16.6. The third-order valence-corrected chi connectivity index (χ3v) is 3.04. The summed E-state index contributed by atoms with van der Waals surface area (Å²) < 4.78 is 16.3. The van der Waals surface area contributed by atoms with E-state index in [0.29, 0.717) is 36.7 Å². The number of ether oxygens (including phenoxy) is 3. The number of hydrogen-bond acceptors (Lipinski definition) is 5. The van der Waals surface area contributed by atoms with Gasteiger partial charge in [0.2, 0.25) is 0 Å². The fourth-order valence-corrected chi connectivity index (χ4v) is 1.82. The lowest BCUT2D eigenvalue weighted by atomic mass is 10.1. The molecule has 22 heavy (non-hydrogen) atoms. The van der Waals surface area contributed by atoms with E-state index in [9.17, 15) is 10.1 Å². The van der Waals surface area contributed by atoms with Crippen molar-refractivity contribution in [2.75, 3.05) is 20.3 Å². The number of hydrogen-bond donors (Lipinski definition) is 0. The first-order chi connectivity index (χ1) is 10.6. The van der Waals surface area contributed by atoms with E-state index in [4.69, 9.17) is 14.2 Å². The summed E-state index contributed by atoms with van der Waals surface area (Å²) in [6.45, 7) is 6.77. The van der Waals surface area contributed by atoms with Crippen LogP contribution in [0.1, 0.15) is 31.7 Å². The van der Waals surface area contributed by atoms with Gasteiger partial charge in [-0.15, -0.1) is 6.58 Å². The molecule has 0 unspecified atom stereocenters. The second-order valence-corrected chi connectivity index (χ2v) is 4.72. The minimum absolute atomic E-state index is 0.0223. The van der Waals surface area contributed by atoms with Crippen molar-refractivity contribution in [3.8, 4) is 11.5 Å². The summed E-state index contributed by atoms with van der Waals surface area (Å²) in [4.78, 5) is 10.8. The number of nitrogens with zero attached hydrogens (tertiary/aromatic N) is 1. The van der Waals surface area contributed by atoms with Gasteiger partial charge in [-0.05, 0) is 18.9 Å². The Balaban J connectivity index is 2.94. The molecule has 0 aliphatic rings. The SMILES string of the molecule is C=CCCOCc1cc(OC)c(OCCCC)cc1[N+](=O)[O-]. The van der Waals surface area contributed by atoms with Gasteiger partial charge in [-0.1, -0.05) is 19.4 Å². The van der Waals surface area contributed by atoms with Gasteiger partial charge in [0.15, 0.2) is 11.5 Å². The molecule has 0 amide bonds. The molecule has 0 spiro atoms. The number of benzene rings is 1. The first kappa shape index (κ1) is 18.0. The van der Waals surface area contributed by atoms with Crippen LogP contribution in [-0.4, -0.2) is 25.2 Å². The number of methoxy groups -OCH3 is 1. The van der Waals surface area contributed by atoms with Gasteiger partial charge < -0.3 is 14.2 Å². The molecule has 0 saturated carbocycles. The van der Waals surface area contributed by atoms with Crippen LogP contribution in [-0.2, 0) is 11.3 Å². The summed E-state index contributed by atoms with van der Waals surface area (Å²) in [5, 5.41) is 11.2. The maximum atomic E-state index is 11.2. The molecular weight excluding hydrogens is 286 g/mol. The maximum absolute atomic E-state index is 11.2. The maximum Gasteiger partial charge on any atom is 0.278 e. The molecule has 1 aromatic rings. The van der Waals surface area contributed by atoms with E-state index in [1.54, 1.807) is 12.1 Å². The Morgan fingerprint density at radius 2 is 2.09 bits per heavy atom. The van der Waals surface area contributed by atoms with Crippen LogP contribution in [0.15, 0.2) is 24.8 Å². The molecule has 122 valence electrons. The zero-order valence-corrected chi connectivity index (χ0v) is 13.2. The van der Waals surface area contributed by atoms with Crippen molar-refractivity contribution in [3.05, 3.63) is 40.5 Å². The highest BCUT2D eigenvalue weighted by Gasteiger charge is 2.19. The molecule has 0 atom stereocenters. The normalized spacial score (nSPS) is 10.3. The van der Waals surface area contributed by atoms with Crippen molar-refractivity contribution in [2.24, 2.45) is 0 Å². The van der Waals surface area contributed by atoms with E-state index in [2.05, 4.69) is 6.58 Å². The molecule has 0 aliphatic heterocycles. The molecule has 6 nitrogen and oxygen atoms in total. The first-order valence-corrected chi connectivity index (χ1v) is 7.30. The first-order valence-electron chi connectivity index (χ1n) is 7.30. The molecule has 1 rings (SSSR count). The molecule has 0 aliphatic carbocycles. The van der Waals surface area contributed by atoms with Gasteiger partial charge in [0.05, 0.1) is 43.5 Å². The van der Waals surface area contributed by atoms with E-state index in [0.717, 1.165) is 12.8 Å². The van der Waals surface area contributed by atoms with Crippen LogP contribution in [0.3, 0.4) is 0 Å². The Morgan fingerprint density at radius 1 is 1.32 bits per heavy atom. The van der Waals surface area contributed by atoms with Crippen molar-refractivity contribution in [1.82, 2.24) is 0 Å². The lowest BCUT2D eigenvalue weighted by Crippen LogP contribution is -2.04. The van der Waals surface area contributed by atoms with E-state index >= 15 is 0 Å². The van der Waals surface area contributed by atoms with Gasteiger partial charge in [0.25, 0.3) is 5.69 Å². The summed E-state index contributed by atoms with van der Waals surface area (Å²) in [5.41, 5.74) is 0.444. The average Bonchev–Trinajstić information content (AvgIpc) is 2.51. The number of nitro benzene ring substituents is 1. The molecule has 0 fully saturated rings. The fraction of sp³-hybridized carbons (Fsp3) is 0.500. The largest absolute Gasteiger partial charge is 0.493 e. The second-order valence-electron chi connectivity index (χ2n) is 4.72. The van der Waals surface area contributed by atoms with Gasteiger partial charge in [-0.25, -0.2) is 0 Å². The lowest BCUT2D eigenvalue weighted by Gasteiger charge is -2.12. The average molecular weight is 309 g/mol. The smallest absolute Gasteiger partial charge is 0.278 e.